The Hall–Kier alpha value is -2.46. The van der Waals surface area contributed by atoms with Gasteiger partial charge >= 0.3 is 0 Å². The molecule has 0 fully saturated rings. The standard InChI is InChI=1S/C18H16N2OS/c1-2-14-9-6-10-15-17(14)20-18(22-15)19-16(21)12-11-13-7-4-3-5-8-13/h3-12H,2H2,1H3,(H,19,20,21). The second-order valence-electron chi connectivity index (χ2n) is 4.87. The van der Waals surface area contributed by atoms with Crippen LogP contribution in [0, 0.1) is 0 Å². The van der Waals surface area contributed by atoms with E-state index in [2.05, 4.69) is 23.3 Å². The van der Waals surface area contributed by atoms with Crippen molar-refractivity contribution >= 4 is 38.7 Å². The van der Waals surface area contributed by atoms with Gasteiger partial charge in [0.05, 0.1) is 10.2 Å². The summed E-state index contributed by atoms with van der Waals surface area (Å²) < 4.78 is 1.10. The summed E-state index contributed by atoms with van der Waals surface area (Å²) >= 11 is 1.50. The highest BCUT2D eigenvalue weighted by Gasteiger charge is 2.08. The Labute approximate surface area is 133 Å². The summed E-state index contributed by atoms with van der Waals surface area (Å²) in [5.74, 6) is -0.166. The van der Waals surface area contributed by atoms with Crippen LogP contribution in [0.3, 0.4) is 0 Å². The largest absolute Gasteiger partial charge is 0.298 e. The number of carbonyl (C=O) groups is 1. The number of benzene rings is 2. The number of nitrogens with zero attached hydrogens (tertiary/aromatic N) is 1. The van der Waals surface area contributed by atoms with Crippen LogP contribution < -0.4 is 5.32 Å². The van der Waals surface area contributed by atoms with Crippen molar-refractivity contribution in [3.63, 3.8) is 0 Å². The van der Waals surface area contributed by atoms with Crippen molar-refractivity contribution < 1.29 is 4.79 Å². The van der Waals surface area contributed by atoms with Crippen molar-refractivity contribution in [2.75, 3.05) is 5.32 Å². The van der Waals surface area contributed by atoms with Crippen LogP contribution in [0.1, 0.15) is 18.1 Å². The molecule has 1 amide bonds. The average molecular weight is 308 g/mol. The van der Waals surface area contributed by atoms with Crippen LogP contribution in [-0.2, 0) is 11.2 Å². The molecular formula is C18H16N2OS. The number of aryl methyl sites for hydroxylation is 1. The van der Waals surface area contributed by atoms with Crippen molar-refractivity contribution in [3.8, 4) is 0 Å². The molecule has 0 atom stereocenters. The van der Waals surface area contributed by atoms with Crippen molar-refractivity contribution in [2.45, 2.75) is 13.3 Å². The van der Waals surface area contributed by atoms with E-state index in [-0.39, 0.29) is 5.91 Å². The summed E-state index contributed by atoms with van der Waals surface area (Å²) in [6, 6.07) is 15.9. The first kappa shape index (κ1) is 14.5. The van der Waals surface area contributed by atoms with Gasteiger partial charge in [-0.15, -0.1) is 0 Å². The molecule has 2 aromatic carbocycles. The zero-order valence-corrected chi connectivity index (χ0v) is 13.1. The first-order chi connectivity index (χ1) is 10.8. The SMILES string of the molecule is CCc1cccc2sc(NC(=O)C=Cc3ccccc3)nc12. The molecule has 1 heterocycles. The molecule has 0 saturated heterocycles. The quantitative estimate of drug-likeness (QED) is 0.720. The molecule has 1 aromatic heterocycles. The Kier molecular flexibility index (Phi) is 4.30. The molecule has 0 unspecified atom stereocenters. The Balaban J connectivity index is 1.75. The van der Waals surface area contributed by atoms with E-state index in [1.165, 1.54) is 23.0 Å². The van der Waals surface area contributed by atoms with E-state index < -0.39 is 0 Å². The van der Waals surface area contributed by atoms with Crippen LogP contribution in [0.25, 0.3) is 16.3 Å². The predicted molar refractivity (Wildman–Crippen MR) is 93.1 cm³/mol. The van der Waals surface area contributed by atoms with Crippen molar-refractivity contribution in [1.82, 2.24) is 4.98 Å². The van der Waals surface area contributed by atoms with Gasteiger partial charge in [0.1, 0.15) is 0 Å². The number of thiazole rings is 1. The number of carbonyl (C=O) groups excluding carboxylic acids is 1. The number of rotatable bonds is 4. The Morgan fingerprint density at radius 1 is 1.18 bits per heavy atom. The monoisotopic (exact) mass is 308 g/mol. The lowest BCUT2D eigenvalue weighted by Crippen LogP contribution is -2.07. The number of amides is 1. The number of nitrogens with one attached hydrogen (secondary N) is 1. The molecule has 3 rings (SSSR count). The minimum absolute atomic E-state index is 0.166. The van der Waals surface area contributed by atoms with Gasteiger partial charge in [0, 0.05) is 6.08 Å². The van der Waals surface area contributed by atoms with Gasteiger partial charge in [0.2, 0.25) is 5.91 Å². The molecule has 3 nitrogen and oxygen atoms in total. The Morgan fingerprint density at radius 2 is 2.00 bits per heavy atom. The molecule has 0 bridgehead atoms. The van der Waals surface area contributed by atoms with E-state index in [1.54, 1.807) is 6.08 Å². The van der Waals surface area contributed by atoms with Crippen molar-refractivity contribution in [2.24, 2.45) is 0 Å². The van der Waals surface area contributed by atoms with Gasteiger partial charge in [-0.05, 0) is 29.7 Å². The maximum atomic E-state index is 12.0. The number of fused-ring (bicyclic) bond motifs is 1. The molecule has 0 aliphatic carbocycles. The predicted octanol–water partition coefficient (Wildman–Crippen LogP) is 4.51. The lowest BCUT2D eigenvalue weighted by molar-refractivity contribution is -0.111. The Bertz CT molecular complexity index is 821. The lowest BCUT2D eigenvalue weighted by atomic mass is 10.1. The van der Waals surface area contributed by atoms with Gasteiger partial charge in [-0.1, -0.05) is 60.7 Å². The third-order valence-corrected chi connectivity index (χ3v) is 4.28. The van der Waals surface area contributed by atoms with E-state index >= 15 is 0 Å². The fraction of sp³-hybridized carbons (Fsp3) is 0.111. The van der Waals surface area contributed by atoms with Gasteiger partial charge in [0.25, 0.3) is 0 Å². The van der Waals surface area contributed by atoms with Crippen LogP contribution in [0.15, 0.2) is 54.6 Å². The number of anilines is 1. The van der Waals surface area contributed by atoms with Gasteiger partial charge < -0.3 is 0 Å². The second-order valence-corrected chi connectivity index (χ2v) is 5.90. The van der Waals surface area contributed by atoms with Crippen LogP contribution >= 0.6 is 11.3 Å². The Morgan fingerprint density at radius 3 is 2.77 bits per heavy atom. The third kappa shape index (κ3) is 3.23. The van der Waals surface area contributed by atoms with Gasteiger partial charge in [-0.25, -0.2) is 4.98 Å². The molecule has 22 heavy (non-hydrogen) atoms. The maximum absolute atomic E-state index is 12.0. The molecular weight excluding hydrogens is 292 g/mol. The van der Waals surface area contributed by atoms with Gasteiger partial charge in [-0.2, -0.15) is 0 Å². The summed E-state index contributed by atoms with van der Waals surface area (Å²) in [5, 5.41) is 3.47. The molecule has 0 radical (unpaired) electrons. The second kappa shape index (κ2) is 6.54. The summed E-state index contributed by atoms with van der Waals surface area (Å²) in [6.45, 7) is 2.11. The van der Waals surface area contributed by atoms with E-state index in [0.29, 0.717) is 5.13 Å². The van der Waals surface area contributed by atoms with E-state index in [0.717, 1.165) is 22.2 Å². The van der Waals surface area contributed by atoms with Crippen LogP contribution in [0.4, 0.5) is 5.13 Å². The molecule has 110 valence electrons. The topological polar surface area (TPSA) is 42.0 Å². The first-order valence-corrected chi connectivity index (χ1v) is 8.00. The van der Waals surface area contributed by atoms with Crippen molar-refractivity contribution in [1.29, 1.82) is 0 Å². The van der Waals surface area contributed by atoms with E-state index in [9.17, 15) is 4.79 Å². The average Bonchev–Trinajstić information content (AvgIpc) is 2.96. The lowest BCUT2D eigenvalue weighted by Gasteiger charge is -1.96. The molecule has 0 aliphatic heterocycles. The van der Waals surface area contributed by atoms with Crippen LogP contribution in [-0.4, -0.2) is 10.9 Å². The summed E-state index contributed by atoms with van der Waals surface area (Å²) in [7, 11) is 0. The number of para-hydroxylation sites is 1. The highest BCUT2D eigenvalue weighted by atomic mass is 32.1. The molecule has 0 saturated carbocycles. The van der Waals surface area contributed by atoms with Crippen molar-refractivity contribution in [3.05, 3.63) is 65.7 Å². The molecule has 4 heteroatoms. The summed E-state index contributed by atoms with van der Waals surface area (Å²) in [5.41, 5.74) is 3.18. The zero-order chi connectivity index (χ0) is 15.4. The molecule has 0 aliphatic rings. The molecule has 3 aromatic rings. The minimum atomic E-state index is -0.166. The number of aromatic nitrogens is 1. The molecule has 1 N–H and O–H groups in total. The zero-order valence-electron chi connectivity index (χ0n) is 12.2. The number of hydrogen-bond acceptors (Lipinski definition) is 3. The molecule has 0 spiro atoms. The number of hydrogen-bond donors (Lipinski definition) is 1. The third-order valence-electron chi connectivity index (χ3n) is 3.34. The van der Waals surface area contributed by atoms with Gasteiger partial charge in [-0.3, -0.25) is 10.1 Å². The fourth-order valence-corrected chi connectivity index (χ4v) is 3.14. The van der Waals surface area contributed by atoms with Crippen LogP contribution in [0.2, 0.25) is 0 Å². The van der Waals surface area contributed by atoms with Gasteiger partial charge in [0.15, 0.2) is 5.13 Å². The van der Waals surface area contributed by atoms with E-state index in [1.807, 2.05) is 42.5 Å². The fourth-order valence-electron chi connectivity index (χ4n) is 2.23. The highest BCUT2D eigenvalue weighted by Crippen LogP contribution is 2.28. The maximum Gasteiger partial charge on any atom is 0.250 e. The first-order valence-electron chi connectivity index (χ1n) is 7.19. The van der Waals surface area contributed by atoms with E-state index in [4.69, 9.17) is 0 Å². The summed E-state index contributed by atoms with van der Waals surface area (Å²) in [6.07, 6.45) is 4.25. The normalized spacial score (nSPS) is 11.1. The highest BCUT2D eigenvalue weighted by molar-refractivity contribution is 7.22. The summed E-state index contributed by atoms with van der Waals surface area (Å²) in [4.78, 5) is 16.5. The smallest absolute Gasteiger partial charge is 0.250 e. The van der Waals surface area contributed by atoms with Crippen LogP contribution in [0.5, 0.6) is 0 Å². The minimum Gasteiger partial charge on any atom is -0.298 e.